The van der Waals surface area contributed by atoms with Crippen molar-refractivity contribution in [1.82, 2.24) is 4.90 Å². The minimum atomic E-state index is 0.495. The number of hydrogen-bond donors (Lipinski definition) is 1. The number of halogens is 1. The number of anilines is 1. The molecule has 1 fully saturated rings. The van der Waals surface area contributed by atoms with Gasteiger partial charge in [-0.15, -0.1) is 0 Å². The number of likely N-dealkylation sites (N-methyl/N-ethyl adjacent to an activating group) is 1. The molecule has 17 heavy (non-hydrogen) atoms. The molecule has 1 unspecified atom stereocenters. The van der Waals surface area contributed by atoms with Crippen LogP contribution in [0.3, 0.4) is 0 Å². The zero-order valence-corrected chi connectivity index (χ0v) is 11.2. The molecule has 1 aromatic carbocycles. The van der Waals surface area contributed by atoms with Gasteiger partial charge in [0.1, 0.15) is 0 Å². The Morgan fingerprint density at radius 3 is 2.76 bits per heavy atom. The van der Waals surface area contributed by atoms with Crippen LogP contribution in [0, 0.1) is 0 Å². The van der Waals surface area contributed by atoms with Crippen LogP contribution < -0.4 is 10.6 Å². The van der Waals surface area contributed by atoms with E-state index in [1.807, 2.05) is 6.07 Å². The van der Waals surface area contributed by atoms with E-state index in [0.717, 1.165) is 35.9 Å². The second-order valence-corrected chi connectivity index (χ2v) is 5.20. The Balaban J connectivity index is 2.22. The molecule has 2 rings (SSSR count). The fourth-order valence-electron chi connectivity index (χ4n) is 2.41. The number of rotatable bonds is 2. The fourth-order valence-corrected chi connectivity index (χ4v) is 2.72. The summed E-state index contributed by atoms with van der Waals surface area (Å²) in [6, 6.07) is 6.62. The summed E-state index contributed by atoms with van der Waals surface area (Å²) in [7, 11) is 2.16. The van der Waals surface area contributed by atoms with E-state index in [4.69, 9.17) is 17.3 Å². The minimum absolute atomic E-state index is 0.495. The number of benzene rings is 1. The van der Waals surface area contributed by atoms with Gasteiger partial charge in [0, 0.05) is 32.2 Å². The second kappa shape index (κ2) is 5.25. The van der Waals surface area contributed by atoms with Crippen molar-refractivity contribution in [3.05, 3.63) is 28.8 Å². The molecule has 0 amide bonds. The van der Waals surface area contributed by atoms with Crippen molar-refractivity contribution >= 4 is 17.3 Å². The van der Waals surface area contributed by atoms with Crippen molar-refractivity contribution in [3.8, 4) is 0 Å². The lowest BCUT2D eigenvalue weighted by molar-refractivity contribution is 0.275. The van der Waals surface area contributed by atoms with E-state index in [0.29, 0.717) is 12.6 Å². The van der Waals surface area contributed by atoms with Crippen molar-refractivity contribution in [3.63, 3.8) is 0 Å². The number of nitrogens with zero attached hydrogens (tertiary/aromatic N) is 2. The van der Waals surface area contributed by atoms with E-state index in [1.165, 1.54) is 0 Å². The van der Waals surface area contributed by atoms with Gasteiger partial charge in [0.2, 0.25) is 0 Å². The number of piperazine rings is 1. The summed E-state index contributed by atoms with van der Waals surface area (Å²) in [6.07, 6.45) is 0. The molecular formula is C13H20ClN3. The van der Waals surface area contributed by atoms with E-state index in [-0.39, 0.29) is 0 Å². The molecule has 0 aliphatic carbocycles. The van der Waals surface area contributed by atoms with Gasteiger partial charge in [0.25, 0.3) is 0 Å². The van der Waals surface area contributed by atoms with E-state index < -0.39 is 0 Å². The lowest BCUT2D eigenvalue weighted by atomic mass is 10.1. The summed E-state index contributed by atoms with van der Waals surface area (Å²) in [5.41, 5.74) is 7.83. The Hall–Kier alpha value is -0.770. The highest BCUT2D eigenvalue weighted by Gasteiger charge is 2.23. The average Bonchev–Trinajstić information content (AvgIpc) is 2.30. The predicted octanol–water partition coefficient (Wildman–Crippen LogP) is 1.94. The van der Waals surface area contributed by atoms with Gasteiger partial charge < -0.3 is 15.5 Å². The van der Waals surface area contributed by atoms with Crippen LogP contribution in [-0.4, -0.2) is 37.6 Å². The lowest BCUT2D eigenvalue weighted by Gasteiger charge is -2.40. The van der Waals surface area contributed by atoms with Gasteiger partial charge in [-0.25, -0.2) is 0 Å². The van der Waals surface area contributed by atoms with Gasteiger partial charge in [-0.1, -0.05) is 17.7 Å². The Morgan fingerprint density at radius 2 is 2.18 bits per heavy atom. The first-order valence-electron chi connectivity index (χ1n) is 6.05. The fraction of sp³-hybridized carbons (Fsp3) is 0.538. The van der Waals surface area contributed by atoms with Crippen LogP contribution in [0.15, 0.2) is 18.2 Å². The van der Waals surface area contributed by atoms with E-state index in [9.17, 15) is 0 Å². The summed E-state index contributed by atoms with van der Waals surface area (Å²) >= 11 is 6.33. The maximum atomic E-state index is 6.33. The maximum absolute atomic E-state index is 6.33. The highest BCUT2D eigenvalue weighted by atomic mass is 35.5. The van der Waals surface area contributed by atoms with Crippen LogP contribution in [0.25, 0.3) is 0 Å². The van der Waals surface area contributed by atoms with Crippen LogP contribution in [0.5, 0.6) is 0 Å². The maximum Gasteiger partial charge on any atom is 0.0642 e. The van der Waals surface area contributed by atoms with Crippen LogP contribution in [-0.2, 0) is 6.54 Å². The van der Waals surface area contributed by atoms with Crippen LogP contribution in [0.2, 0.25) is 5.02 Å². The van der Waals surface area contributed by atoms with Crippen molar-refractivity contribution in [2.75, 3.05) is 31.6 Å². The summed E-state index contributed by atoms with van der Waals surface area (Å²) in [4.78, 5) is 4.73. The molecule has 1 saturated heterocycles. The van der Waals surface area contributed by atoms with E-state index in [2.05, 4.69) is 35.9 Å². The SMILES string of the molecule is CC1CN(C)CCN1c1ccc(CN)cc1Cl. The normalized spacial score (nSPS) is 21.9. The molecule has 1 aliphatic rings. The molecular weight excluding hydrogens is 234 g/mol. The Morgan fingerprint density at radius 1 is 1.41 bits per heavy atom. The molecule has 0 aromatic heterocycles. The first kappa shape index (κ1) is 12.7. The molecule has 0 saturated carbocycles. The highest BCUT2D eigenvalue weighted by molar-refractivity contribution is 6.33. The molecule has 2 N–H and O–H groups in total. The summed E-state index contributed by atoms with van der Waals surface area (Å²) in [5, 5.41) is 0.810. The van der Waals surface area contributed by atoms with Crippen molar-refractivity contribution in [2.45, 2.75) is 19.5 Å². The van der Waals surface area contributed by atoms with Crippen LogP contribution in [0.4, 0.5) is 5.69 Å². The van der Waals surface area contributed by atoms with Crippen LogP contribution >= 0.6 is 11.6 Å². The molecule has 94 valence electrons. The summed E-state index contributed by atoms with van der Waals surface area (Å²) in [5.74, 6) is 0. The zero-order chi connectivity index (χ0) is 12.4. The quantitative estimate of drug-likeness (QED) is 0.874. The van der Waals surface area contributed by atoms with E-state index >= 15 is 0 Å². The molecule has 1 aromatic rings. The van der Waals surface area contributed by atoms with Crippen molar-refractivity contribution in [2.24, 2.45) is 5.73 Å². The molecule has 4 heteroatoms. The topological polar surface area (TPSA) is 32.5 Å². The third-order valence-electron chi connectivity index (χ3n) is 3.39. The molecule has 1 heterocycles. The molecule has 3 nitrogen and oxygen atoms in total. The van der Waals surface area contributed by atoms with Gasteiger partial charge in [0.15, 0.2) is 0 Å². The Kier molecular flexibility index (Phi) is 3.92. The van der Waals surface area contributed by atoms with Gasteiger partial charge >= 0.3 is 0 Å². The smallest absolute Gasteiger partial charge is 0.0642 e. The largest absolute Gasteiger partial charge is 0.365 e. The minimum Gasteiger partial charge on any atom is -0.365 e. The Bertz CT molecular complexity index is 394. The number of nitrogens with two attached hydrogens (primary N) is 1. The zero-order valence-electron chi connectivity index (χ0n) is 10.5. The van der Waals surface area contributed by atoms with Gasteiger partial charge in [-0.3, -0.25) is 0 Å². The molecule has 1 atom stereocenters. The first-order chi connectivity index (χ1) is 8.11. The first-order valence-corrected chi connectivity index (χ1v) is 6.43. The van der Waals surface area contributed by atoms with Gasteiger partial charge in [-0.05, 0) is 31.7 Å². The van der Waals surface area contributed by atoms with Crippen LogP contribution in [0.1, 0.15) is 12.5 Å². The third-order valence-corrected chi connectivity index (χ3v) is 3.69. The molecule has 0 bridgehead atoms. The third kappa shape index (κ3) is 2.73. The second-order valence-electron chi connectivity index (χ2n) is 4.79. The monoisotopic (exact) mass is 253 g/mol. The van der Waals surface area contributed by atoms with Gasteiger partial charge in [0.05, 0.1) is 10.7 Å². The molecule has 0 spiro atoms. The highest BCUT2D eigenvalue weighted by Crippen LogP contribution is 2.29. The van der Waals surface area contributed by atoms with E-state index in [1.54, 1.807) is 0 Å². The predicted molar refractivity (Wildman–Crippen MR) is 73.6 cm³/mol. The molecule has 1 aliphatic heterocycles. The standard InChI is InChI=1S/C13H20ClN3/c1-10-9-16(2)5-6-17(10)13-4-3-11(8-15)7-12(13)14/h3-4,7,10H,5-6,8-9,15H2,1-2H3. The summed E-state index contributed by atoms with van der Waals surface area (Å²) in [6.45, 7) is 5.97. The summed E-state index contributed by atoms with van der Waals surface area (Å²) < 4.78 is 0. The average molecular weight is 254 g/mol. The van der Waals surface area contributed by atoms with Crippen molar-refractivity contribution < 1.29 is 0 Å². The molecule has 0 radical (unpaired) electrons. The Labute approximate surface area is 108 Å². The van der Waals surface area contributed by atoms with Gasteiger partial charge in [-0.2, -0.15) is 0 Å². The van der Waals surface area contributed by atoms with Crippen molar-refractivity contribution in [1.29, 1.82) is 0 Å². The number of hydrogen-bond acceptors (Lipinski definition) is 3. The lowest BCUT2D eigenvalue weighted by Crippen LogP contribution is -2.50.